The van der Waals surface area contributed by atoms with E-state index in [0.717, 1.165) is 61.2 Å². The SMILES string of the molecule is C.Clc1nc(Cl)nc(-c2ccc(-c3ccccc3)cc2)n1.OB(O)c1ccc(-c2cccc3ccccc23)cc1.c1ccc(-c2ccc(-c3nc(-c4ccc(-c5cccc6ccccc56)cc4)nc(-c4ccc(-c5cccc6ccccc56)cc4)n3)cc2)cc1. The van der Waals surface area contributed by atoms with Gasteiger partial charge in [-0.15, -0.1) is 0 Å². The molecule has 0 aliphatic heterocycles. The second-order valence-corrected chi connectivity index (χ2v) is 21.8. The smallest absolute Gasteiger partial charge is 0.423 e. The Morgan fingerprint density at radius 1 is 0.222 bits per heavy atom. The highest BCUT2D eigenvalue weighted by molar-refractivity contribution is 6.58. The number of halogens is 2. The van der Waals surface area contributed by atoms with Crippen molar-refractivity contribution in [1.29, 1.82) is 0 Å². The Morgan fingerprint density at radius 2 is 0.467 bits per heavy atom. The minimum atomic E-state index is -1.42. The average molecular weight is 1200 g/mol. The standard InChI is InChI=1S/C47H31N3.C16H13BO2.C15H9Cl2N3.CH4/c1-2-10-32(11-3-1)33-20-26-38(27-21-33)45-48-46(39-28-22-36(23-29-39)43-18-8-14-34-12-4-6-16-41(34)43)50-47(49-45)40-30-24-37(25-31-40)44-19-9-15-35-13-5-7-17-42(35)44;18-17(19)14-10-8-13(9-11-14)16-7-3-5-12-4-1-2-6-15(12)16;16-14-18-13(19-15(17)20-14)12-8-6-11(7-9-12)10-4-2-1-3-5-10;/h1-31H;1-11,18-19H;1-9H;1H4. The molecule has 0 spiro atoms. The minimum Gasteiger partial charge on any atom is -0.423 e. The molecule has 8 nitrogen and oxygen atoms in total. The van der Waals surface area contributed by atoms with Gasteiger partial charge in [0.05, 0.1) is 0 Å². The van der Waals surface area contributed by atoms with Crippen LogP contribution in [-0.2, 0) is 0 Å². The molecule has 11 heteroatoms. The van der Waals surface area contributed by atoms with Crippen LogP contribution in [0.25, 0.3) is 134 Å². The normalized spacial score (nSPS) is 10.8. The van der Waals surface area contributed by atoms with Gasteiger partial charge in [-0.05, 0) is 117 Å². The predicted molar refractivity (Wildman–Crippen MR) is 374 cm³/mol. The molecule has 0 fully saturated rings. The van der Waals surface area contributed by atoms with Crippen molar-refractivity contribution in [1.82, 2.24) is 29.9 Å². The maximum Gasteiger partial charge on any atom is 0.488 e. The first kappa shape index (κ1) is 59.6. The summed E-state index contributed by atoms with van der Waals surface area (Å²) in [6.07, 6.45) is 0. The Morgan fingerprint density at radius 3 is 0.789 bits per heavy atom. The summed E-state index contributed by atoms with van der Waals surface area (Å²) in [5.41, 5.74) is 15.7. The number of nitrogens with zero attached hydrogens (tertiary/aromatic N) is 6. The van der Waals surface area contributed by atoms with Crippen molar-refractivity contribution < 1.29 is 10.0 Å². The molecule has 15 aromatic rings. The Bertz CT molecular complexity index is 4750. The molecule has 0 unspecified atom stereocenters. The topological polar surface area (TPSA) is 118 Å². The molecule has 0 aliphatic carbocycles. The fraction of sp³-hybridized carbons (Fsp3) is 0.0127. The minimum absolute atomic E-state index is 0. The third kappa shape index (κ3) is 13.5. The summed E-state index contributed by atoms with van der Waals surface area (Å²) in [4.78, 5) is 27.0. The Labute approximate surface area is 533 Å². The summed E-state index contributed by atoms with van der Waals surface area (Å²) >= 11 is 11.6. The highest BCUT2D eigenvalue weighted by Crippen LogP contribution is 2.35. The van der Waals surface area contributed by atoms with Crippen LogP contribution < -0.4 is 5.46 Å². The summed E-state index contributed by atoms with van der Waals surface area (Å²) in [7, 11) is -1.42. The number of benzene rings is 13. The van der Waals surface area contributed by atoms with Gasteiger partial charge in [-0.3, -0.25) is 0 Å². The van der Waals surface area contributed by atoms with E-state index in [-0.39, 0.29) is 18.0 Å². The number of rotatable bonds is 10. The van der Waals surface area contributed by atoms with Crippen molar-refractivity contribution in [3.8, 4) is 101 Å². The lowest BCUT2D eigenvalue weighted by molar-refractivity contribution is 0.426. The fourth-order valence-electron chi connectivity index (χ4n) is 11.0. The van der Waals surface area contributed by atoms with Gasteiger partial charge in [0.15, 0.2) is 23.3 Å². The van der Waals surface area contributed by atoms with E-state index >= 15 is 0 Å². The summed E-state index contributed by atoms with van der Waals surface area (Å²) < 4.78 is 0. The molecule has 0 saturated heterocycles. The van der Waals surface area contributed by atoms with E-state index < -0.39 is 7.12 Å². The molecule has 0 aliphatic rings. The number of aromatic nitrogens is 6. The summed E-state index contributed by atoms with van der Waals surface area (Å²) in [5.74, 6) is 2.38. The van der Waals surface area contributed by atoms with Gasteiger partial charge >= 0.3 is 7.12 Å². The van der Waals surface area contributed by atoms with Gasteiger partial charge in [0, 0.05) is 22.3 Å². The fourth-order valence-corrected chi connectivity index (χ4v) is 11.3. The van der Waals surface area contributed by atoms with Crippen LogP contribution in [0.4, 0.5) is 0 Å². The molecule has 0 bridgehead atoms. The lowest BCUT2D eigenvalue weighted by Gasteiger charge is -2.11. The van der Waals surface area contributed by atoms with Gasteiger partial charge in [-0.25, -0.2) is 15.0 Å². The van der Waals surface area contributed by atoms with E-state index in [1.807, 2.05) is 78.9 Å². The van der Waals surface area contributed by atoms with Crippen LogP contribution >= 0.6 is 23.2 Å². The molecule has 0 radical (unpaired) electrons. The monoisotopic (exact) mass is 1200 g/mol. The van der Waals surface area contributed by atoms with Crippen LogP contribution in [0.1, 0.15) is 7.43 Å². The van der Waals surface area contributed by atoms with Gasteiger partial charge in [0.1, 0.15) is 0 Å². The molecular weight excluding hydrogens is 1150 g/mol. The van der Waals surface area contributed by atoms with Gasteiger partial charge in [0.25, 0.3) is 0 Å². The van der Waals surface area contributed by atoms with E-state index in [0.29, 0.717) is 28.8 Å². The van der Waals surface area contributed by atoms with Crippen LogP contribution in [-0.4, -0.2) is 47.1 Å². The van der Waals surface area contributed by atoms with Crippen LogP contribution in [0, 0.1) is 0 Å². The van der Waals surface area contributed by atoms with Gasteiger partial charge in [0.2, 0.25) is 10.6 Å². The van der Waals surface area contributed by atoms with Crippen molar-refractivity contribution >= 4 is 68.1 Å². The Hall–Kier alpha value is -10.8. The second kappa shape index (κ2) is 27.5. The van der Waals surface area contributed by atoms with Crippen LogP contribution in [0.2, 0.25) is 10.6 Å². The van der Waals surface area contributed by atoms with Gasteiger partial charge in [-0.1, -0.05) is 317 Å². The van der Waals surface area contributed by atoms with Crippen LogP contribution in [0.15, 0.2) is 309 Å². The molecule has 15 rings (SSSR count). The highest BCUT2D eigenvalue weighted by atomic mass is 35.5. The highest BCUT2D eigenvalue weighted by Gasteiger charge is 2.16. The average Bonchev–Trinajstić information content (AvgIpc) is 1.16. The number of hydrogen-bond acceptors (Lipinski definition) is 8. The molecule has 2 N–H and O–H groups in total. The summed E-state index contributed by atoms with van der Waals surface area (Å²) in [5, 5.41) is 25.7. The second-order valence-electron chi connectivity index (χ2n) is 21.1. The lowest BCUT2D eigenvalue weighted by Crippen LogP contribution is -2.29. The third-order valence-electron chi connectivity index (χ3n) is 15.5. The zero-order valence-electron chi connectivity index (χ0n) is 47.9. The molecule has 13 aromatic carbocycles. The first-order valence-electron chi connectivity index (χ1n) is 29.0. The molecule has 432 valence electrons. The molecule has 0 atom stereocenters. The van der Waals surface area contributed by atoms with Crippen molar-refractivity contribution in [3.63, 3.8) is 0 Å². The summed E-state index contributed by atoms with van der Waals surface area (Å²) in [6, 6.07) is 106. The summed E-state index contributed by atoms with van der Waals surface area (Å²) in [6.45, 7) is 0. The maximum absolute atomic E-state index is 9.11. The van der Waals surface area contributed by atoms with Gasteiger partial charge in [-0.2, -0.15) is 15.0 Å². The van der Waals surface area contributed by atoms with Crippen molar-refractivity contribution in [2.24, 2.45) is 0 Å². The molecule has 2 aromatic heterocycles. The van der Waals surface area contributed by atoms with E-state index in [1.165, 1.54) is 49.0 Å². The largest absolute Gasteiger partial charge is 0.488 e. The van der Waals surface area contributed by atoms with Crippen molar-refractivity contribution in [2.45, 2.75) is 7.43 Å². The zero-order chi connectivity index (χ0) is 60.5. The number of fused-ring (bicyclic) bond motifs is 3. The van der Waals surface area contributed by atoms with Crippen LogP contribution in [0.3, 0.4) is 0 Å². The molecule has 0 amide bonds. The van der Waals surface area contributed by atoms with E-state index in [4.69, 9.17) is 48.2 Å². The van der Waals surface area contributed by atoms with E-state index in [2.05, 4.69) is 233 Å². The maximum atomic E-state index is 9.11. The third-order valence-corrected chi connectivity index (χ3v) is 15.9. The lowest BCUT2D eigenvalue weighted by atomic mass is 9.79. The molecule has 2 heterocycles. The van der Waals surface area contributed by atoms with Crippen LogP contribution in [0.5, 0.6) is 0 Å². The Kier molecular flexibility index (Phi) is 18.2. The van der Waals surface area contributed by atoms with Gasteiger partial charge < -0.3 is 10.0 Å². The van der Waals surface area contributed by atoms with Crippen molar-refractivity contribution in [2.75, 3.05) is 0 Å². The first-order chi connectivity index (χ1) is 43.7. The number of hydrogen-bond donors (Lipinski definition) is 2. The van der Waals surface area contributed by atoms with E-state index in [9.17, 15) is 0 Å². The molecule has 90 heavy (non-hydrogen) atoms. The first-order valence-corrected chi connectivity index (χ1v) is 29.8. The van der Waals surface area contributed by atoms with Crippen molar-refractivity contribution in [3.05, 3.63) is 320 Å². The van der Waals surface area contributed by atoms with E-state index in [1.54, 1.807) is 12.1 Å². The predicted octanol–water partition coefficient (Wildman–Crippen LogP) is 19.5. The quantitative estimate of drug-likeness (QED) is 0.130. The molecule has 0 saturated carbocycles. The zero-order valence-corrected chi connectivity index (χ0v) is 49.4. The Balaban J connectivity index is 0.000000160. The molecular formula is C79H57BCl2N6O2.